The third-order valence-corrected chi connectivity index (χ3v) is 4.86. The maximum atomic E-state index is 12.4. The van der Waals surface area contributed by atoms with Crippen LogP contribution in [0.3, 0.4) is 0 Å². The molecule has 0 saturated carbocycles. The second kappa shape index (κ2) is 6.95. The molecule has 2 rings (SSSR count). The quantitative estimate of drug-likeness (QED) is 0.403. The van der Waals surface area contributed by atoms with Gasteiger partial charge in [-0.2, -0.15) is 8.42 Å². The van der Waals surface area contributed by atoms with Gasteiger partial charge in [-0.1, -0.05) is 18.2 Å². The molecule has 2 aromatic rings. The fourth-order valence-corrected chi connectivity index (χ4v) is 3.46. The highest BCUT2D eigenvalue weighted by molar-refractivity contribution is 7.87. The molecular formula is C14H11N3O9S. The predicted octanol–water partition coefficient (Wildman–Crippen LogP) is 2.80. The predicted molar refractivity (Wildman–Crippen MR) is 90.1 cm³/mol. The van der Waals surface area contributed by atoms with E-state index in [0.717, 1.165) is 26.0 Å². The van der Waals surface area contributed by atoms with E-state index in [4.69, 9.17) is 4.18 Å². The molecule has 0 amide bonds. The van der Waals surface area contributed by atoms with Crippen molar-refractivity contribution < 1.29 is 27.4 Å². The average molecular weight is 397 g/mol. The molecule has 0 saturated heterocycles. The zero-order valence-corrected chi connectivity index (χ0v) is 14.6. The molecule has 0 spiro atoms. The molecule has 0 bridgehead atoms. The van der Waals surface area contributed by atoms with Crippen molar-refractivity contribution in [3.63, 3.8) is 0 Å². The summed E-state index contributed by atoms with van der Waals surface area (Å²) in [4.78, 5) is 30.3. The lowest BCUT2D eigenvalue weighted by atomic mass is 10.0. The third-order valence-electron chi connectivity index (χ3n) is 3.62. The normalized spacial score (nSPS) is 11.0. The van der Waals surface area contributed by atoms with E-state index in [-0.39, 0.29) is 0 Å². The zero-order valence-electron chi connectivity index (χ0n) is 13.8. The molecule has 27 heavy (non-hydrogen) atoms. The van der Waals surface area contributed by atoms with E-state index >= 15 is 0 Å². The van der Waals surface area contributed by atoms with Gasteiger partial charge in [0.2, 0.25) is 0 Å². The number of rotatable bonds is 6. The summed E-state index contributed by atoms with van der Waals surface area (Å²) < 4.78 is 29.5. The van der Waals surface area contributed by atoms with Crippen LogP contribution in [0.15, 0.2) is 35.2 Å². The minimum atomic E-state index is -4.67. The average Bonchev–Trinajstić information content (AvgIpc) is 2.54. The molecule has 2 aromatic carbocycles. The van der Waals surface area contributed by atoms with Crippen molar-refractivity contribution in [3.05, 3.63) is 71.8 Å². The maximum absolute atomic E-state index is 12.4. The Kier molecular flexibility index (Phi) is 5.07. The minimum absolute atomic E-state index is 0.401. The molecule has 0 aliphatic carbocycles. The summed E-state index contributed by atoms with van der Waals surface area (Å²) in [5.41, 5.74) is -4.33. The van der Waals surface area contributed by atoms with Crippen molar-refractivity contribution in [1.82, 2.24) is 0 Å². The first-order valence-electron chi connectivity index (χ1n) is 7.09. The summed E-state index contributed by atoms with van der Waals surface area (Å²) in [6.45, 7) is 1.96. The van der Waals surface area contributed by atoms with Gasteiger partial charge in [-0.25, -0.2) is 0 Å². The van der Waals surface area contributed by atoms with E-state index in [2.05, 4.69) is 0 Å². The minimum Gasteiger partial charge on any atom is -0.364 e. The van der Waals surface area contributed by atoms with Crippen LogP contribution in [-0.4, -0.2) is 23.2 Å². The maximum Gasteiger partial charge on any atom is 0.339 e. The summed E-state index contributed by atoms with van der Waals surface area (Å²) in [6.07, 6.45) is 0. The topological polar surface area (TPSA) is 173 Å². The van der Waals surface area contributed by atoms with Crippen LogP contribution in [0.5, 0.6) is 5.75 Å². The van der Waals surface area contributed by atoms with Gasteiger partial charge >= 0.3 is 21.5 Å². The summed E-state index contributed by atoms with van der Waals surface area (Å²) in [7, 11) is -4.67. The molecule has 142 valence electrons. The number of nitro benzene ring substituents is 3. The van der Waals surface area contributed by atoms with Crippen molar-refractivity contribution in [3.8, 4) is 5.75 Å². The summed E-state index contributed by atoms with van der Waals surface area (Å²) >= 11 is 0. The second-order valence-electron chi connectivity index (χ2n) is 5.25. The van der Waals surface area contributed by atoms with Crippen LogP contribution in [0.4, 0.5) is 17.1 Å². The molecule has 0 aromatic heterocycles. The molecular weight excluding hydrogens is 386 g/mol. The Morgan fingerprint density at radius 2 is 1.19 bits per heavy atom. The van der Waals surface area contributed by atoms with E-state index in [9.17, 15) is 38.8 Å². The molecule has 0 N–H and O–H groups in total. The molecule has 13 heteroatoms. The third kappa shape index (κ3) is 3.52. The Hall–Kier alpha value is -3.61. The van der Waals surface area contributed by atoms with Crippen LogP contribution < -0.4 is 4.18 Å². The van der Waals surface area contributed by atoms with Crippen LogP contribution >= 0.6 is 0 Å². The fraction of sp³-hybridized carbons (Fsp3) is 0.143. The fourth-order valence-electron chi connectivity index (χ4n) is 2.50. The number of hydrogen-bond acceptors (Lipinski definition) is 9. The van der Waals surface area contributed by atoms with Crippen LogP contribution in [0, 0.1) is 44.2 Å². The Labute approximate surface area is 151 Å². The van der Waals surface area contributed by atoms with E-state index in [0.29, 0.717) is 0 Å². The Balaban J connectivity index is 2.88. The lowest BCUT2D eigenvalue weighted by Gasteiger charge is -2.11. The molecule has 0 radical (unpaired) electrons. The van der Waals surface area contributed by atoms with Crippen molar-refractivity contribution in [2.45, 2.75) is 18.7 Å². The second-order valence-corrected chi connectivity index (χ2v) is 6.79. The van der Waals surface area contributed by atoms with Crippen LogP contribution in [0.25, 0.3) is 0 Å². The van der Waals surface area contributed by atoms with Gasteiger partial charge in [0.05, 0.1) is 14.8 Å². The first-order chi connectivity index (χ1) is 12.5. The largest absolute Gasteiger partial charge is 0.364 e. The Bertz CT molecular complexity index is 1020. The zero-order chi connectivity index (χ0) is 20.5. The Morgan fingerprint density at radius 1 is 0.778 bits per heavy atom. The lowest BCUT2D eigenvalue weighted by Crippen LogP contribution is -2.14. The number of hydrogen-bond donors (Lipinski definition) is 0. The first-order valence-corrected chi connectivity index (χ1v) is 8.49. The van der Waals surface area contributed by atoms with Crippen molar-refractivity contribution >= 4 is 27.2 Å². The van der Waals surface area contributed by atoms with Crippen LogP contribution in [-0.2, 0) is 10.1 Å². The van der Waals surface area contributed by atoms with Gasteiger partial charge in [-0.05, 0) is 26.0 Å². The SMILES string of the molecule is Cc1c([N+](=O)[O-])c(C)c([N+](=O)[O-])c(OS(=O)(=O)c2ccccc2)c1[N+](=O)[O-]. The van der Waals surface area contributed by atoms with Gasteiger partial charge in [0.15, 0.2) is 0 Å². The molecule has 0 unspecified atom stereocenters. The van der Waals surface area contributed by atoms with Gasteiger partial charge in [0.1, 0.15) is 16.0 Å². The molecule has 0 fully saturated rings. The van der Waals surface area contributed by atoms with E-state index < -0.39 is 63.7 Å². The smallest absolute Gasteiger partial charge is 0.339 e. The van der Waals surface area contributed by atoms with Crippen molar-refractivity contribution in [2.24, 2.45) is 0 Å². The van der Waals surface area contributed by atoms with E-state index in [1.807, 2.05) is 0 Å². The summed E-state index contributed by atoms with van der Waals surface area (Å²) in [5, 5.41) is 34.0. The number of nitro groups is 3. The number of benzene rings is 2. The number of nitrogens with zero attached hydrogens (tertiary/aromatic N) is 3. The standard InChI is InChI=1S/C14H11N3O9S/c1-8-11(15(18)19)9(2)13(17(22)23)14(12(8)16(20)21)26-27(24,25)10-6-4-3-5-7-10/h3-7H,1-2H3. The van der Waals surface area contributed by atoms with Gasteiger partial charge in [0, 0.05) is 0 Å². The molecule has 0 aliphatic rings. The van der Waals surface area contributed by atoms with Gasteiger partial charge in [-0.15, -0.1) is 0 Å². The summed E-state index contributed by atoms with van der Waals surface area (Å²) in [6, 6.07) is 6.46. The highest BCUT2D eigenvalue weighted by Gasteiger charge is 2.42. The van der Waals surface area contributed by atoms with Crippen LogP contribution in [0.1, 0.15) is 11.1 Å². The van der Waals surface area contributed by atoms with E-state index in [1.165, 1.54) is 18.2 Å². The van der Waals surface area contributed by atoms with Gasteiger partial charge < -0.3 is 4.18 Å². The molecule has 0 aliphatic heterocycles. The van der Waals surface area contributed by atoms with Crippen molar-refractivity contribution in [2.75, 3.05) is 0 Å². The van der Waals surface area contributed by atoms with Crippen molar-refractivity contribution in [1.29, 1.82) is 0 Å². The lowest BCUT2D eigenvalue weighted by molar-refractivity contribution is -0.405. The van der Waals surface area contributed by atoms with Crippen LogP contribution in [0.2, 0.25) is 0 Å². The highest BCUT2D eigenvalue weighted by Crippen LogP contribution is 2.48. The summed E-state index contributed by atoms with van der Waals surface area (Å²) in [5.74, 6) is -1.19. The Morgan fingerprint density at radius 3 is 1.56 bits per heavy atom. The van der Waals surface area contributed by atoms with Gasteiger partial charge in [0.25, 0.3) is 11.4 Å². The van der Waals surface area contributed by atoms with E-state index in [1.54, 1.807) is 0 Å². The monoisotopic (exact) mass is 397 g/mol. The molecule has 0 atom stereocenters. The first kappa shape index (κ1) is 19.7. The highest BCUT2D eigenvalue weighted by atomic mass is 32.2. The van der Waals surface area contributed by atoms with Gasteiger partial charge in [-0.3, -0.25) is 30.3 Å². The molecule has 0 heterocycles. The molecule has 12 nitrogen and oxygen atoms in total.